The number of fused-ring (bicyclic) bond motifs is 1. The second-order valence-corrected chi connectivity index (χ2v) is 8.41. The molecule has 1 saturated heterocycles. The average molecular weight is 451 g/mol. The molecular formula is C20H23ClN4O4S. The van der Waals surface area contributed by atoms with E-state index in [0.717, 1.165) is 44.0 Å². The van der Waals surface area contributed by atoms with Crippen molar-refractivity contribution in [1.29, 1.82) is 0 Å². The van der Waals surface area contributed by atoms with Crippen molar-refractivity contribution < 1.29 is 18.8 Å². The lowest BCUT2D eigenvalue weighted by Gasteiger charge is -2.27. The van der Waals surface area contributed by atoms with Crippen LogP contribution in [0, 0.1) is 6.92 Å². The molecule has 1 aliphatic rings. The van der Waals surface area contributed by atoms with Crippen LogP contribution >= 0.6 is 22.9 Å². The van der Waals surface area contributed by atoms with Gasteiger partial charge >= 0.3 is 0 Å². The number of morpholine rings is 1. The van der Waals surface area contributed by atoms with Crippen LogP contribution in [0.3, 0.4) is 0 Å². The number of thiazole rings is 1. The first-order valence-corrected chi connectivity index (χ1v) is 10.9. The first-order chi connectivity index (χ1) is 14.6. The zero-order valence-electron chi connectivity index (χ0n) is 16.9. The molecule has 3 aromatic rings. The number of anilines is 1. The molecule has 0 atom stereocenters. The zero-order chi connectivity index (χ0) is 21.1. The summed E-state index contributed by atoms with van der Waals surface area (Å²) in [5.74, 6) is 0.538. The lowest BCUT2D eigenvalue weighted by molar-refractivity contribution is 0.0376. The van der Waals surface area contributed by atoms with Crippen LogP contribution in [0.25, 0.3) is 10.2 Å². The third-order valence-corrected chi connectivity index (χ3v) is 6.48. The molecule has 1 amide bonds. The summed E-state index contributed by atoms with van der Waals surface area (Å²) >= 11 is 7.74. The van der Waals surface area contributed by atoms with E-state index in [0.29, 0.717) is 33.7 Å². The first kappa shape index (κ1) is 21.0. The summed E-state index contributed by atoms with van der Waals surface area (Å²) in [4.78, 5) is 21.9. The molecule has 0 bridgehead atoms. The molecule has 8 nitrogen and oxygen atoms in total. The lowest BCUT2D eigenvalue weighted by Crippen LogP contribution is -2.39. The summed E-state index contributed by atoms with van der Waals surface area (Å²) < 4.78 is 16.8. The number of carbonyl (C=O) groups is 1. The van der Waals surface area contributed by atoms with Gasteiger partial charge in [-0.2, -0.15) is 0 Å². The van der Waals surface area contributed by atoms with E-state index >= 15 is 0 Å². The predicted octanol–water partition coefficient (Wildman–Crippen LogP) is 3.62. The third-order valence-electron chi connectivity index (χ3n) is 4.94. The number of benzene rings is 1. The van der Waals surface area contributed by atoms with E-state index in [1.807, 2.05) is 0 Å². The predicted molar refractivity (Wildman–Crippen MR) is 116 cm³/mol. The summed E-state index contributed by atoms with van der Waals surface area (Å²) in [5.41, 5.74) is 1.30. The Morgan fingerprint density at radius 1 is 1.37 bits per heavy atom. The Morgan fingerprint density at radius 3 is 2.87 bits per heavy atom. The van der Waals surface area contributed by atoms with Gasteiger partial charge in [-0.1, -0.05) is 28.1 Å². The summed E-state index contributed by atoms with van der Waals surface area (Å²) in [6, 6.07) is 5.19. The Hall–Kier alpha value is -2.20. The third kappa shape index (κ3) is 4.44. The van der Waals surface area contributed by atoms with Gasteiger partial charge in [0.1, 0.15) is 11.3 Å². The lowest BCUT2D eigenvalue weighted by atomic mass is 10.3. The van der Waals surface area contributed by atoms with Crippen LogP contribution in [0.1, 0.15) is 22.7 Å². The van der Waals surface area contributed by atoms with E-state index in [9.17, 15) is 4.79 Å². The molecule has 1 aliphatic heterocycles. The molecule has 0 unspecified atom stereocenters. The van der Waals surface area contributed by atoms with Gasteiger partial charge in [-0.15, -0.1) is 0 Å². The maximum atomic E-state index is 13.2. The number of aromatic nitrogens is 2. The Labute approximate surface area is 183 Å². The fourth-order valence-electron chi connectivity index (χ4n) is 3.38. The quantitative estimate of drug-likeness (QED) is 0.543. The van der Waals surface area contributed by atoms with Crippen LogP contribution in [0.15, 0.2) is 22.7 Å². The highest BCUT2D eigenvalue weighted by molar-refractivity contribution is 7.23. The normalized spacial score (nSPS) is 14.9. The number of nitrogens with zero attached hydrogens (tertiary/aromatic N) is 4. The van der Waals surface area contributed by atoms with Gasteiger partial charge < -0.3 is 14.0 Å². The molecule has 2 aromatic heterocycles. The smallest absolute Gasteiger partial charge is 0.298 e. The van der Waals surface area contributed by atoms with Crippen molar-refractivity contribution in [3.05, 3.63) is 34.7 Å². The molecule has 3 heterocycles. The molecule has 1 fully saturated rings. The van der Waals surface area contributed by atoms with Gasteiger partial charge in [0.15, 0.2) is 5.13 Å². The second-order valence-electron chi connectivity index (χ2n) is 7.02. The van der Waals surface area contributed by atoms with Crippen molar-refractivity contribution in [3.63, 3.8) is 0 Å². The molecule has 160 valence electrons. The summed E-state index contributed by atoms with van der Waals surface area (Å²) in [6.45, 7) is 6.46. The summed E-state index contributed by atoms with van der Waals surface area (Å²) in [7, 11) is 1.59. The van der Waals surface area contributed by atoms with Gasteiger partial charge in [-0.05, 0) is 25.5 Å². The van der Waals surface area contributed by atoms with Crippen LogP contribution in [0.4, 0.5) is 5.13 Å². The number of amides is 1. The van der Waals surface area contributed by atoms with Crippen LogP contribution in [0.5, 0.6) is 5.75 Å². The zero-order valence-corrected chi connectivity index (χ0v) is 18.5. The topological polar surface area (TPSA) is 80.9 Å². The number of rotatable bonds is 7. The molecule has 0 N–H and O–H groups in total. The van der Waals surface area contributed by atoms with E-state index in [4.69, 9.17) is 25.6 Å². The van der Waals surface area contributed by atoms with Crippen LogP contribution < -0.4 is 9.64 Å². The fourth-order valence-corrected chi connectivity index (χ4v) is 4.66. The summed E-state index contributed by atoms with van der Waals surface area (Å²) in [5, 5.41) is 4.98. The van der Waals surface area contributed by atoms with Crippen molar-refractivity contribution in [2.24, 2.45) is 0 Å². The number of hydrogen-bond acceptors (Lipinski definition) is 8. The maximum absolute atomic E-state index is 13.2. The van der Waals surface area contributed by atoms with Gasteiger partial charge in [-0.3, -0.25) is 14.6 Å². The summed E-state index contributed by atoms with van der Waals surface area (Å²) in [6.07, 6.45) is 0.791. The van der Waals surface area contributed by atoms with Crippen molar-refractivity contribution in [2.75, 3.05) is 51.4 Å². The minimum absolute atomic E-state index is 0.191. The number of methoxy groups -OCH3 is 1. The number of halogens is 1. The van der Waals surface area contributed by atoms with E-state index in [1.165, 1.54) is 11.3 Å². The number of carbonyl (C=O) groups excluding carboxylic acids is 1. The van der Waals surface area contributed by atoms with Gasteiger partial charge in [0.25, 0.3) is 5.91 Å². The number of ether oxygens (including phenoxy) is 2. The van der Waals surface area contributed by atoms with Crippen molar-refractivity contribution >= 4 is 44.2 Å². The van der Waals surface area contributed by atoms with Gasteiger partial charge in [0.05, 0.1) is 35.7 Å². The Balaban J connectivity index is 1.61. The standard InChI is InChI=1S/C20H23ClN4O4S/c1-13-12-16(29-23-13)19(26)25(7-3-6-24-8-10-28-11-9-24)20-22-17-15(27-2)5-4-14(21)18(17)30-20/h4-5,12H,3,6-11H2,1-2H3. The maximum Gasteiger partial charge on any atom is 0.298 e. The minimum Gasteiger partial charge on any atom is -0.494 e. The fraction of sp³-hybridized carbons (Fsp3) is 0.450. The Kier molecular flexibility index (Phi) is 6.52. The van der Waals surface area contributed by atoms with Crippen LogP contribution in [0.2, 0.25) is 5.02 Å². The van der Waals surface area contributed by atoms with Crippen LogP contribution in [-0.4, -0.2) is 67.5 Å². The molecular weight excluding hydrogens is 428 g/mol. The highest BCUT2D eigenvalue weighted by Gasteiger charge is 2.26. The highest BCUT2D eigenvalue weighted by Crippen LogP contribution is 2.39. The molecule has 0 spiro atoms. The molecule has 10 heteroatoms. The van der Waals surface area contributed by atoms with Gasteiger partial charge in [-0.25, -0.2) is 4.98 Å². The molecule has 0 saturated carbocycles. The van der Waals surface area contributed by atoms with Crippen molar-refractivity contribution in [2.45, 2.75) is 13.3 Å². The van der Waals surface area contributed by atoms with E-state index < -0.39 is 0 Å². The average Bonchev–Trinajstić information content (AvgIpc) is 3.39. The van der Waals surface area contributed by atoms with E-state index in [1.54, 1.807) is 37.1 Å². The molecule has 4 rings (SSSR count). The van der Waals surface area contributed by atoms with Crippen LogP contribution in [-0.2, 0) is 4.74 Å². The second kappa shape index (κ2) is 9.30. The molecule has 0 aliphatic carbocycles. The Morgan fingerprint density at radius 2 is 2.17 bits per heavy atom. The van der Waals surface area contributed by atoms with E-state index in [-0.39, 0.29) is 11.7 Å². The number of hydrogen-bond donors (Lipinski definition) is 0. The highest BCUT2D eigenvalue weighted by atomic mass is 35.5. The molecule has 0 radical (unpaired) electrons. The first-order valence-electron chi connectivity index (χ1n) is 9.75. The molecule has 30 heavy (non-hydrogen) atoms. The largest absolute Gasteiger partial charge is 0.494 e. The van der Waals surface area contributed by atoms with Crippen molar-refractivity contribution in [3.8, 4) is 5.75 Å². The van der Waals surface area contributed by atoms with Gasteiger partial charge in [0.2, 0.25) is 5.76 Å². The molecule has 1 aromatic carbocycles. The SMILES string of the molecule is COc1ccc(Cl)c2sc(N(CCCN3CCOCC3)C(=O)c3cc(C)no3)nc12. The Bertz CT molecular complexity index is 1030. The van der Waals surface area contributed by atoms with Gasteiger partial charge in [0, 0.05) is 32.2 Å². The van der Waals surface area contributed by atoms with E-state index in [2.05, 4.69) is 15.0 Å². The minimum atomic E-state index is -0.272. The van der Waals surface area contributed by atoms with Crippen molar-refractivity contribution in [1.82, 2.24) is 15.0 Å². The monoisotopic (exact) mass is 450 g/mol. The number of aryl methyl sites for hydroxylation is 1.